The molecule has 0 radical (unpaired) electrons. The lowest BCUT2D eigenvalue weighted by atomic mass is 10.1. The summed E-state index contributed by atoms with van der Waals surface area (Å²) in [5, 5.41) is 0. The van der Waals surface area contributed by atoms with Crippen molar-refractivity contribution < 1.29 is 9.47 Å². The van der Waals surface area contributed by atoms with Crippen LogP contribution in [-0.2, 0) is 6.54 Å². The van der Waals surface area contributed by atoms with Crippen LogP contribution in [0.3, 0.4) is 0 Å². The molecule has 0 saturated carbocycles. The zero-order chi connectivity index (χ0) is 18.7. The van der Waals surface area contributed by atoms with Crippen LogP contribution in [0, 0.1) is 20.8 Å². The van der Waals surface area contributed by atoms with E-state index >= 15 is 0 Å². The van der Waals surface area contributed by atoms with E-state index in [9.17, 15) is 4.79 Å². The molecule has 0 amide bonds. The predicted octanol–water partition coefficient (Wildman–Crippen LogP) is 4.02. The van der Waals surface area contributed by atoms with Gasteiger partial charge >= 0.3 is 11.6 Å². The zero-order valence-electron chi connectivity index (χ0n) is 15.4. The molecule has 1 aromatic heterocycles. The van der Waals surface area contributed by atoms with Crippen molar-refractivity contribution in [3.63, 3.8) is 0 Å². The summed E-state index contributed by atoms with van der Waals surface area (Å²) < 4.78 is 12.9. The SMILES string of the molecule is COc1cn(Cc2ccccc2)c(Oc2cc(C)c(C)cc2C)nc1=O. The lowest BCUT2D eigenvalue weighted by Gasteiger charge is -2.16. The summed E-state index contributed by atoms with van der Waals surface area (Å²) >= 11 is 0. The van der Waals surface area contributed by atoms with Gasteiger partial charge in [-0.2, -0.15) is 4.98 Å². The first-order valence-corrected chi connectivity index (χ1v) is 8.43. The Kier molecular flexibility index (Phi) is 5.07. The van der Waals surface area contributed by atoms with E-state index in [0.29, 0.717) is 12.3 Å². The lowest BCUT2D eigenvalue weighted by molar-refractivity contribution is 0.373. The Labute approximate surface area is 152 Å². The second-order valence-electron chi connectivity index (χ2n) is 6.31. The molecule has 0 N–H and O–H groups in total. The van der Waals surface area contributed by atoms with E-state index in [2.05, 4.69) is 18.0 Å². The molecular formula is C21H22N2O3. The minimum absolute atomic E-state index is 0.185. The van der Waals surface area contributed by atoms with Crippen molar-refractivity contribution in [1.29, 1.82) is 0 Å². The van der Waals surface area contributed by atoms with Gasteiger partial charge in [-0.05, 0) is 49.1 Å². The van der Waals surface area contributed by atoms with Crippen LogP contribution in [0.1, 0.15) is 22.3 Å². The predicted molar refractivity (Wildman–Crippen MR) is 101 cm³/mol. The average molecular weight is 350 g/mol. The highest BCUT2D eigenvalue weighted by molar-refractivity contribution is 5.42. The molecule has 0 saturated heterocycles. The van der Waals surface area contributed by atoms with Crippen LogP contribution >= 0.6 is 0 Å². The van der Waals surface area contributed by atoms with E-state index in [-0.39, 0.29) is 11.8 Å². The smallest absolute Gasteiger partial charge is 0.318 e. The van der Waals surface area contributed by atoms with Gasteiger partial charge in [-0.15, -0.1) is 0 Å². The third-order valence-electron chi connectivity index (χ3n) is 4.33. The van der Waals surface area contributed by atoms with Gasteiger partial charge in [-0.25, -0.2) is 0 Å². The number of aromatic nitrogens is 2. The summed E-state index contributed by atoms with van der Waals surface area (Å²) in [6.45, 7) is 6.58. The fraction of sp³-hybridized carbons (Fsp3) is 0.238. The van der Waals surface area contributed by atoms with E-state index in [1.807, 2.05) is 50.2 Å². The molecular weight excluding hydrogens is 328 g/mol. The van der Waals surface area contributed by atoms with Gasteiger partial charge in [0.15, 0.2) is 0 Å². The van der Waals surface area contributed by atoms with Gasteiger partial charge < -0.3 is 9.47 Å². The highest BCUT2D eigenvalue weighted by atomic mass is 16.5. The number of aryl methyl sites for hydroxylation is 3. The summed E-state index contributed by atoms with van der Waals surface area (Å²) in [7, 11) is 1.46. The summed E-state index contributed by atoms with van der Waals surface area (Å²) in [4.78, 5) is 16.2. The second-order valence-corrected chi connectivity index (χ2v) is 6.31. The summed E-state index contributed by atoms with van der Waals surface area (Å²) in [6, 6.07) is 14.2. The molecule has 0 unspecified atom stereocenters. The van der Waals surface area contributed by atoms with Crippen LogP contribution in [0.4, 0.5) is 0 Å². The third-order valence-corrected chi connectivity index (χ3v) is 4.33. The van der Waals surface area contributed by atoms with Crippen molar-refractivity contribution in [2.24, 2.45) is 0 Å². The van der Waals surface area contributed by atoms with Gasteiger partial charge in [0.25, 0.3) is 0 Å². The monoisotopic (exact) mass is 350 g/mol. The molecule has 0 aliphatic carbocycles. The molecule has 0 fully saturated rings. The number of ether oxygens (including phenoxy) is 2. The van der Waals surface area contributed by atoms with Crippen LogP contribution in [-0.4, -0.2) is 16.7 Å². The van der Waals surface area contributed by atoms with Crippen molar-refractivity contribution in [3.05, 3.63) is 81.3 Å². The van der Waals surface area contributed by atoms with Gasteiger partial charge in [0.05, 0.1) is 19.9 Å². The van der Waals surface area contributed by atoms with Gasteiger partial charge in [0.1, 0.15) is 5.75 Å². The number of benzene rings is 2. The Balaban J connectivity index is 2.04. The number of nitrogens with zero attached hydrogens (tertiary/aromatic N) is 2. The van der Waals surface area contributed by atoms with Crippen LogP contribution < -0.4 is 15.0 Å². The molecule has 3 aromatic rings. The molecule has 0 atom stereocenters. The van der Waals surface area contributed by atoms with Gasteiger partial charge in [-0.1, -0.05) is 36.4 Å². The van der Waals surface area contributed by atoms with E-state index in [1.54, 1.807) is 10.8 Å². The van der Waals surface area contributed by atoms with Crippen molar-refractivity contribution in [2.75, 3.05) is 7.11 Å². The normalized spacial score (nSPS) is 10.6. The summed E-state index contributed by atoms with van der Waals surface area (Å²) in [6.07, 6.45) is 1.63. The van der Waals surface area contributed by atoms with E-state index in [4.69, 9.17) is 9.47 Å². The molecule has 26 heavy (non-hydrogen) atoms. The molecule has 2 aromatic carbocycles. The number of rotatable bonds is 5. The molecule has 1 heterocycles. The molecule has 5 nitrogen and oxygen atoms in total. The molecule has 0 spiro atoms. The lowest BCUT2D eigenvalue weighted by Crippen LogP contribution is -2.17. The van der Waals surface area contributed by atoms with E-state index < -0.39 is 5.56 Å². The molecule has 3 rings (SSSR count). The number of methoxy groups -OCH3 is 1. The van der Waals surface area contributed by atoms with Crippen molar-refractivity contribution in [3.8, 4) is 17.5 Å². The van der Waals surface area contributed by atoms with Crippen LogP contribution in [0.5, 0.6) is 17.5 Å². The Hall–Kier alpha value is -3.08. The van der Waals surface area contributed by atoms with Gasteiger partial charge in [0, 0.05) is 0 Å². The Bertz CT molecular complexity index is 979. The maximum Gasteiger partial charge on any atom is 0.318 e. The molecule has 0 bridgehead atoms. The average Bonchev–Trinajstić information content (AvgIpc) is 2.62. The summed E-state index contributed by atoms with van der Waals surface area (Å²) in [5.74, 6) is 0.872. The maximum absolute atomic E-state index is 12.1. The summed E-state index contributed by atoms with van der Waals surface area (Å²) in [5.41, 5.74) is 3.93. The van der Waals surface area contributed by atoms with E-state index in [1.165, 1.54) is 12.7 Å². The number of hydrogen-bond donors (Lipinski definition) is 0. The van der Waals surface area contributed by atoms with Crippen LogP contribution in [0.2, 0.25) is 0 Å². The first kappa shape index (κ1) is 17.7. The fourth-order valence-electron chi connectivity index (χ4n) is 2.72. The molecule has 5 heteroatoms. The quantitative estimate of drug-likeness (QED) is 0.697. The molecule has 0 aliphatic heterocycles. The molecule has 134 valence electrons. The Morgan fingerprint density at radius 3 is 2.35 bits per heavy atom. The van der Waals surface area contributed by atoms with Crippen molar-refractivity contribution >= 4 is 0 Å². The first-order valence-electron chi connectivity index (χ1n) is 8.43. The van der Waals surface area contributed by atoms with Crippen molar-refractivity contribution in [1.82, 2.24) is 9.55 Å². The Morgan fingerprint density at radius 1 is 0.962 bits per heavy atom. The fourth-order valence-corrected chi connectivity index (χ4v) is 2.72. The maximum atomic E-state index is 12.1. The minimum atomic E-state index is -0.451. The standard InChI is InChI=1S/C21H22N2O3/c1-14-10-16(3)18(11-15(14)2)26-21-22-20(24)19(25-4)13-23(21)12-17-8-6-5-7-9-17/h5-11,13H,12H2,1-4H3. The highest BCUT2D eigenvalue weighted by Gasteiger charge is 2.13. The Morgan fingerprint density at radius 2 is 1.65 bits per heavy atom. The zero-order valence-corrected chi connectivity index (χ0v) is 15.4. The second kappa shape index (κ2) is 7.44. The van der Waals surface area contributed by atoms with Gasteiger partial charge in [0.2, 0.25) is 5.75 Å². The molecule has 0 aliphatic rings. The van der Waals surface area contributed by atoms with Crippen LogP contribution in [0.15, 0.2) is 53.5 Å². The number of hydrogen-bond acceptors (Lipinski definition) is 4. The first-order chi connectivity index (χ1) is 12.5. The highest BCUT2D eigenvalue weighted by Crippen LogP contribution is 2.27. The van der Waals surface area contributed by atoms with Crippen molar-refractivity contribution in [2.45, 2.75) is 27.3 Å². The largest absolute Gasteiger partial charge is 0.490 e. The van der Waals surface area contributed by atoms with E-state index in [0.717, 1.165) is 16.7 Å². The van der Waals surface area contributed by atoms with Crippen LogP contribution in [0.25, 0.3) is 0 Å². The third kappa shape index (κ3) is 3.77. The minimum Gasteiger partial charge on any atom is -0.490 e. The van der Waals surface area contributed by atoms with Gasteiger partial charge in [-0.3, -0.25) is 9.36 Å². The topological polar surface area (TPSA) is 53.4 Å².